The van der Waals surface area contributed by atoms with Gasteiger partial charge in [0, 0.05) is 31.9 Å². The molecule has 18 heavy (non-hydrogen) atoms. The number of methoxy groups -OCH3 is 1. The largest absolute Gasteiger partial charge is 0.497 e. The van der Waals surface area contributed by atoms with Gasteiger partial charge in [0.05, 0.1) is 19.2 Å². The van der Waals surface area contributed by atoms with Gasteiger partial charge in [0.15, 0.2) is 0 Å². The van der Waals surface area contributed by atoms with E-state index in [4.69, 9.17) is 10.00 Å². The molecule has 4 heteroatoms. The molecule has 0 amide bonds. The molecule has 1 aliphatic rings. The van der Waals surface area contributed by atoms with E-state index < -0.39 is 0 Å². The van der Waals surface area contributed by atoms with Crippen molar-refractivity contribution in [2.75, 3.05) is 38.2 Å². The Morgan fingerprint density at radius 1 is 1.17 bits per heavy atom. The summed E-state index contributed by atoms with van der Waals surface area (Å²) >= 11 is 0. The summed E-state index contributed by atoms with van der Waals surface area (Å²) in [6.07, 6.45) is 0. The molecule has 0 radical (unpaired) electrons. The smallest absolute Gasteiger partial charge is 0.119 e. The Hall–Kier alpha value is -1.73. The molecule has 0 saturated carbocycles. The lowest BCUT2D eigenvalue weighted by molar-refractivity contribution is 0.231. The number of anilines is 1. The van der Waals surface area contributed by atoms with Crippen LogP contribution in [0, 0.1) is 11.3 Å². The molecule has 1 heterocycles. The predicted octanol–water partition coefficient (Wildman–Crippen LogP) is 1.73. The minimum Gasteiger partial charge on any atom is -0.497 e. The first-order valence-electron chi connectivity index (χ1n) is 6.27. The Balaban J connectivity index is 1.95. The lowest BCUT2D eigenvalue weighted by Crippen LogP contribution is -2.49. The van der Waals surface area contributed by atoms with E-state index in [1.807, 2.05) is 19.1 Å². The lowest BCUT2D eigenvalue weighted by atomic mass is 10.2. The van der Waals surface area contributed by atoms with E-state index in [1.165, 1.54) is 5.69 Å². The summed E-state index contributed by atoms with van der Waals surface area (Å²) in [5.41, 5.74) is 1.22. The molecule has 1 atom stereocenters. The second kappa shape index (κ2) is 5.74. The Morgan fingerprint density at radius 2 is 1.78 bits per heavy atom. The maximum atomic E-state index is 8.91. The third-order valence-corrected chi connectivity index (χ3v) is 3.49. The van der Waals surface area contributed by atoms with Gasteiger partial charge in [-0.1, -0.05) is 0 Å². The average Bonchev–Trinajstić information content (AvgIpc) is 2.47. The van der Waals surface area contributed by atoms with Crippen molar-refractivity contribution in [2.45, 2.75) is 13.0 Å². The average molecular weight is 245 g/mol. The molecule has 0 aromatic heterocycles. The van der Waals surface area contributed by atoms with Gasteiger partial charge in [-0.3, -0.25) is 4.90 Å². The maximum Gasteiger partial charge on any atom is 0.119 e. The Bertz CT molecular complexity index is 416. The lowest BCUT2D eigenvalue weighted by Gasteiger charge is -2.37. The Kier molecular flexibility index (Phi) is 4.06. The molecule has 0 aliphatic carbocycles. The van der Waals surface area contributed by atoms with Gasteiger partial charge in [0.2, 0.25) is 0 Å². The fourth-order valence-electron chi connectivity index (χ4n) is 2.24. The summed E-state index contributed by atoms with van der Waals surface area (Å²) in [4.78, 5) is 4.57. The van der Waals surface area contributed by atoms with Crippen LogP contribution in [0.15, 0.2) is 24.3 Å². The second-order valence-corrected chi connectivity index (χ2v) is 4.53. The van der Waals surface area contributed by atoms with Gasteiger partial charge in [-0.05, 0) is 31.2 Å². The molecule has 0 unspecified atom stereocenters. The fraction of sp³-hybridized carbons (Fsp3) is 0.500. The highest BCUT2D eigenvalue weighted by Gasteiger charge is 2.20. The highest BCUT2D eigenvalue weighted by molar-refractivity contribution is 5.49. The third kappa shape index (κ3) is 2.74. The van der Waals surface area contributed by atoms with Crippen LogP contribution in [-0.2, 0) is 0 Å². The standard InChI is InChI=1S/C14H19N3O/c1-12(11-15)16-7-9-17(10-8-16)13-3-5-14(18-2)6-4-13/h3-6,12H,7-10H2,1-2H3/t12-/m0/s1. The van der Waals surface area contributed by atoms with Gasteiger partial charge < -0.3 is 9.64 Å². The number of nitrogens with zero attached hydrogens (tertiary/aromatic N) is 3. The van der Waals surface area contributed by atoms with E-state index in [-0.39, 0.29) is 6.04 Å². The summed E-state index contributed by atoms with van der Waals surface area (Å²) in [6.45, 7) is 5.79. The number of benzene rings is 1. The Morgan fingerprint density at radius 3 is 2.28 bits per heavy atom. The summed E-state index contributed by atoms with van der Waals surface area (Å²) in [5, 5.41) is 8.91. The van der Waals surface area contributed by atoms with Gasteiger partial charge in [-0.2, -0.15) is 5.26 Å². The summed E-state index contributed by atoms with van der Waals surface area (Å²) in [5.74, 6) is 0.885. The maximum absolute atomic E-state index is 8.91. The zero-order valence-electron chi connectivity index (χ0n) is 11.0. The van der Waals surface area contributed by atoms with Crippen molar-refractivity contribution in [3.05, 3.63) is 24.3 Å². The molecule has 1 fully saturated rings. The van der Waals surface area contributed by atoms with Crippen LogP contribution in [0.4, 0.5) is 5.69 Å². The number of piperazine rings is 1. The summed E-state index contributed by atoms with van der Waals surface area (Å²) in [7, 11) is 1.68. The van der Waals surface area contributed by atoms with E-state index in [2.05, 4.69) is 28.0 Å². The topological polar surface area (TPSA) is 39.5 Å². The number of ether oxygens (including phenoxy) is 1. The zero-order chi connectivity index (χ0) is 13.0. The van der Waals surface area contributed by atoms with Gasteiger partial charge >= 0.3 is 0 Å². The van der Waals surface area contributed by atoms with E-state index in [0.717, 1.165) is 31.9 Å². The van der Waals surface area contributed by atoms with Crippen molar-refractivity contribution in [3.63, 3.8) is 0 Å². The molecule has 0 bridgehead atoms. The van der Waals surface area contributed by atoms with E-state index in [1.54, 1.807) is 7.11 Å². The van der Waals surface area contributed by atoms with Crippen LogP contribution in [0.1, 0.15) is 6.92 Å². The zero-order valence-corrected chi connectivity index (χ0v) is 11.0. The van der Waals surface area contributed by atoms with Crippen molar-refractivity contribution < 1.29 is 4.74 Å². The van der Waals surface area contributed by atoms with Crippen molar-refractivity contribution in [3.8, 4) is 11.8 Å². The molecule has 0 spiro atoms. The minimum absolute atomic E-state index is 0.0167. The highest BCUT2D eigenvalue weighted by Crippen LogP contribution is 2.20. The number of rotatable bonds is 3. The monoisotopic (exact) mass is 245 g/mol. The molecular weight excluding hydrogens is 226 g/mol. The van der Waals surface area contributed by atoms with E-state index in [0.29, 0.717) is 0 Å². The first kappa shape index (κ1) is 12.7. The van der Waals surface area contributed by atoms with Crippen LogP contribution in [0.25, 0.3) is 0 Å². The fourth-order valence-corrected chi connectivity index (χ4v) is 2.24. The number of hydrogen-bond donors (Lipinski definition) is 0. The van der Waals surface area contributed by atoms with Crippen molar-refractivity contribution in [2.24, 2.45) is 0 Å². The van der Waals surface area contributed by atoms with Crippen LogP contribution in [0.3, 0.4) is 0 Å². The van der Waals surface area contributed by atoms with Crippen LogP contribution in [0.2, 0.25) is 0 Å². The molecule has 2 rings (SSSR count). The predicted molar refractivity (Wildman–Crippen MR) is 71.9 cm³/mol. The molecule has 0 N–H and O–H groups in total. The van der Waals surface area contributed by atoms with Gasteiger partial charge in [0.25, 0.3) is 0 Å². The van der Waals surface area contributed by atoms with E-state index in [9.17, 15) is 0 Å². The van der Waals surface area contributed by atoms with Gasteiger partial charge in [0.1, 0.15) is 5.75 Å². The second-order valence-electron chi connectivity index (χ2n) is 4.53. The van der Waals surface area contributed by atoms with Gasteiger partial charge in [-0.15, -0.1) is 0 Å². The molecular formula is C14H19N3O. The van der Waals surface area contributed by atoms with Crippen LogP contribution >= 0.6 is 0 Å². The quantitative estimate of drug-likeness (QED) is 0.813. The minimum atomic E-state index is 0.0167. The normalized spacial score (nSPS) is 18.2. The molecule has 1 aliphatic heterocycles. The van der Waals surface area contributed by atoms with Crippen molar-refractivity contribution >= 4 is 5.69 Å². The summed E-state index contributed by atoms with van der Waals surface area (Å²) in [6, 6.07) is 10.5. The molecule has 1 saturated heterocycles. The molecule has 4 nitrogen and oxygen atoms in total. The van der Waals surface area contributed by atoms with Crippen molar-refractivity contribution in [1.29, 1.82) is 5.26 Å². The third-order valence-electron chi connectivity index (χ3n) is 3.49. The van der Waals surface area contributed by atoms with Crippen molar-refractivity contribution in [1.82, 2.24) is 4.90 Å². The van der Waals surface area contributed by atoms with Crippen LogP contribution in [0.5, 0.6) is 5.75 Å². The SMILES string of the molecule is COc1ccc(N2CCN([C@@H](C)C#N)CC2)cc1. The highest BCUT2D eigenvalue weighted by atomic mass is 16.5. The van der Waals surface area contributed by atoms with Crippen LogP contribution < -0.4 is 9.64 Å². The Labute approximate surface area is 108 Å². The summed E-state index contributed by atoms with van der Waals surface area (Å²) < 4.78 is 5.16. The van der Waals surface area contributed by atoms with Gasteiger partial charge in [-0.25, -0.2) is 0 Å². The first-order valence-corrected chi connectivity index (χ1v) is 6.27. The van der Waals surface area contributed by atoms with E-state index >= 15 is 0 Å². The molecule has 96 valence electrons. The molecule has 1 aromatic carbocycles. The molecule has 1 aromatic rings. The first-order chi connectivity index (χ1) is 8.74. The van der Waals surface area contributed by atoms with Crippen LogP contribution in [-0.4, -0.2) is 44.2 Å². The number of nitriles is 1. The number of hydrogen-bond acceptors (Lipinski definition) is 4.